The second-order valence-electron chi connectivity index (χ2n) is 3.90. The van der Waals surface area contributed by atoms with Crippen LogP contribution in [0.4, 0.5) is 0 Å². The predicted octanol–water partition coefficient (Wildman–Crippen LogP) is 2.67. The van der Waals surface area contributed by atoms with Crippen LogP contribution >= 0.6 is 11.8 Å². The molecule has 80 valence electrons. The van der Waals surface area contributed by atoms with E-state index in [1.54, 1.807) is 0 Å². The first-order chi connectivity index (χ1) is 6.93. The Morgan fingerprint density at radius 3 is 2.57 bits per heavy atom. The summed E-state index contributed by atoms with van der Waals surface area (Å²) in [5.74, 6) is 4.66. The van der Waals surface area contributed by atoms with Gasteiger partial charge in [0.05, 0.1) is 5.75 Å². The Hall–Kier alpha value is -0.130. The molecule has 0 atom stereocenters. The van der Waals surface area contributed by atoms with Crippen molar-refractivity contribution in [3.8, 4) is 12.3 Å². The molecular weight excluding hydrogens is 190 g/mol. The van der Waals surface area contributed by atoms with E-state index >= 15 is 0 Å². The van der Waals surface area contributed by atoms with E-state index in [2.05, 4.69) is 11.2 Å². The van der Waals surface area contributed by atoms with Gasteiger partial charge in [0, 0.05) is 18.3 Å². The number of rotatable bonds is 5. The third-order valence-corrected chi connectivity index (χ3v) is 3.58. The summed E-state index contributed by atoms with van der Waals surface area (Å²) >= 11 is 1.85. The summed E-state index contributed by atoms with van der Waals surface area (Å²) in [5, 5.41) is 3.63. The van der Waals surface area contributed by atoms with Crippen molar-refractivity contribution in [2.24, 2.45) is 0 Å². The van der Waals surface area contributed by atoms with E-state index in [1.165, 1.54) is 38.5 Å². The zero-order valence-corrected chi connectivity index (χ0v) is 9.74. The highest BCUT2D eigenvalue weighted by Gasteiger charge is 2.10. The molecule has 0 aromatic rings. The summed E-state index contributed by atoms with van der Waals surface area (Å²) in [6.07, 6.45) is 13.6. The minimum atomic E-state index is 0.781. The molecule has 1 fully saturated rings. The van der Waals surface area contributed by atoms with Gasteiger partial charge in [0.15, 0.2) is 0 Å². The van der Waals surface area contributed by atoms with Gasteiger partial charge in [-0.15, -0.1) is 18.2 Å². The summed E-state index contributed by atoms with van der Waals surface area (Å²) in [7, 11) is 0. The smallest absolute Gasteiger partial charge is 0.0545 e. The van der Waals surface area contributed by atoms with Crippen LogP contribution in [0.5, 0.6) is 0 Å². The maximum Gasteiger partial charge on any atom is 0.0545 e. The topological polar surface area (TPSA) is 12.0 Å². The Labute approximate surface area is 92.4 Å². The molecule has 0 bridgehead atoms. The summed E-state index contributed by atoms with van der Waals surface area (Å²) in [6, 6.07) is 0.781. The van der Waals surface area contributed by atoms with Crippen molar-refractivity contribution in [1.82, 2.24) is 5.32 Å². The van der Waals surface area contributed by atoms with E-state index < -0.39 is 0 Å². The fourth-order valence-electron chi connectivity index (χ4n) is 1.95. The van der Waals surface area contributed by atoms with Gasteiger partial charge in [-0.3, -0.25) is 0 Å². The highest BCUT2D eigenvalue weighted by molar-refractivity contribution is 7.99. The zero-order chi connectivity index (χ0) is 10.1. The van der Waals surface area contributed by atoms with Crippen molar-refractivity contribution < 1.29 is 0 Å². The summed E-state index contributed by atoms with van der Waals surface area (Å²) in [5.41, 5.74) is 0. The highest BCUT2D eigenvalue weighted by atomic mass is 32.2. The van der Waals surface area contributed by atoms with Crippen molar-refractivity contribution in [2.75, 3.05) is 18.1 Å². The molecule has 1 aliphatic carbocycles. The molecule has 1 N–H and O–H groups in total. The normalized spacial score (nSPS) is 18.8. The van der Waals surface area contributed by atoms with Crippen molar-refractivity contribution in [3.63, 3.8) is 0 Å². The number of hydrogen-bond acceptors (Lipinski definition) is 2. The Kier molecular flexibility index (Phi) is 7.00. The summed E-state index contributed by atoms with van der Waals surface area (Å²) < 4.78 is 0. The standard InChI is InChI=1S/C12H21NS/c1-2-10-14-11-9-13-12-7-5-3-4-6-8-12/h1,12-13H,3-11H2. The van der Waals surface area contributed by atoms with Gasteiger partial charge in [-0.1, -0.05) is 31.6 Å². The third kappa shape index (κ3) is 5.57. The first-order valence-corrected chi connectivity index (χ1v) is 6.83. The molecule has 1 saturated carbocycles. The van der Waals surface area contributed by atoms with Crippen LogP contribution in [-0.2, 0) is 0 Å². The van der Waals surface area contributed by atoms with Crippen LogP contribution in [0.1, 0.15) is 38.5 Å². The van der Waals surface area contributed by atoms with Gasteiger partial charge >= 0.3 is 0 Å². The van der Waals surface area contributed by atoms with Gasteiger partial charge in [-0.2, -0.15) is 0 Å². The summed E-state index contributed by atoms with van der Waals surface area (Å²) in [4.78, 5) is 0. The van der Waals surface area contributed by atoms with E-state index in [0.29, 0.717) is 0 Å². The molecule has 0 amide bonds. The fraction of sp³-hybridized carbons (Fsp3) is 0.833. The van der Waals surface area contributed by atoms with E-state index in [0.717, 1.165) is 24.1 Å². The van der Waals surface area contributed by atoms with Crippen LogP contribution in [0.25, 0.3) is 0 Å². The van der Waals surface area contributed by atoms with Crippen molar-refractivity contribution in [2.45, 2.75) is 44.6 Å². The number of terminal acetylenes is 1. The lowest BCUT2D eigenvalue weighted by Crippen LogP contribution is -2.30. The second-order valence-corrected chi connectivity index (χ2v) is 5.00. The number of nitrogens with one attached hydrogen (secondary N) is 1. The van der Waals surface area contributed by atoms with Gasteiger partial charge in [-0.05, 0) is 12.8 Å². The molecule has 0 unspecified atom stereocenters. The lowest BCUT2D eigenvalue weighted by molar-refractivity contribution is 0.474. The zero-order valence-electron chi connectivity index (χ0n) is 8.93. The molecule has 0 saturated heterocycles. The Bertz CT molecular complexity index is 166. The Balaban J connectivity index is 1.96. The van der Waals surface area contributed by atoms with Crippen LogP contribution < -0.4 is 5.32 Å². The molecular formula is C12H21NS. The van der Waals surface area contributed by atoms with E-state index in [1.807, 2.05) is 11.8 Å². The molecule has 1 nitrogen and oxygen atoms in total. The van der Waals surface area contributed by atoms with Gasteiger partial charge in [-0.25, -0.2) is 0 Å². The molecule has 2 heteroatoms. The van der Waals surface area contributed by atoms with Crippen molar-refractivity contribution >= 4 is 11.8 Å². The maximum absolute atomic E-state index is 5.18. The SMILES string of the molecule is C#CCSCCNC1CCCCCC1. The largest absolute Gasteiger partial charge is 0.313 e. The van der Waals surface area contributed by atoms with E-state index in [9.17, 15) is 0 Å². The second kappa shape index (κ2) is 8.20. The minimum Gasteiger partial charge on any atom is -0.313 e. The van der Waals surface area contributed by atoms with E-state index in [-0.39, 0.29) is 0 Å². The third-order valence-electron chi connectivity index (χ3n) is 2.72. The molecule has 0 aromatic heterocycles. The molecule has 14 heavy (non-hydrogen) atoms. The van der Waals surface area contributed by atoms with Crippen LogP contribution in [0.2, 0.25) is 0 Å². The predicted molar refractivity (Wildman–Crippen MR) is 65.7 cm³/mol. The molecule has 0 aliphatic heterocycles. The lowest BCUT2D eigenvalue weighted by atomic mass is 10.1. The average Bonchev–Trinajstić information content (AvgIpc) is 2.46. The Morgan fingerprint density at radius 2 is 1.93 bits per heavy atom. The minimum absolute atomic E-state index is 0.781. The molecule has 0 aromatic carbocycles. The molecule has 1 rings (SSSR count). The number of hydrogen-bond donors (Lipinski definition) is 1. The Morgan fingerprint density at radius 1 is 1.21 bits per heavy atom. The lowest BCUT2D eigenvalue weighted by Gasteiger charge is -2.15. The average molecular weight is 211 g/mol. The van der Waals surface area contributed by atoms with Gasteiger partial charge in [0.1, 0.15) is 0 Å². The fourth-order valence-corrected chi connectivity index (χ4v) is 2.47. The van der Waals surface area contributed by atoms with Crippen molar-refractivity contribution in [1.29, 1.82) is 0 Å². The highest BCUT2D eigenvalue weighted by Crippen LogP contribution is 2.17. The quantitative estimate of drug-likeness (QED) is 0.426. The van der Waals surface area contributed by atoms with Crippen LogP contribution in [0, 0.1) is 12.3 Å². The van der Waals surface area contributed by atoms with Crippen LogP contribution in [0.3, 0.4) is 0 Å². The first kappa shape index (κ1) is 11.9. The monoisotopic (exact) mass is 211 g/mol. The van der Waals surface area contributed by atoms with Gasteiger partial charge < -0.3 is 5.32 Å². The van der Waals surface area contributed by atoms with Gasteiger partial charge in [0.2, 0.25) is 0 Å². The van der Waals surface area contributed by atoms with Gasteiger partial charge in [0.25, 0.3) is 0 Å². The van der Waals surface area contributed by atoms with Crippen LogP contribution in [-0.4, -0.2) is 24.1 Å². The number of thioether (sulfide) groups is 1. The maximum atomic E-state index is 5.18. The van der Waals surface area contributed by atoms with Crippen molar-refractivity contribution in [3.05, 3.63) is 0 Å². The molecule has 0 spiro atoms. The summed E-state index contributed by atoms with van der Waals surface area (Å²) in [6.45, 7) is 1.12. The van der Waals surface area contributed by atoms with E-state index in [4.69, 9.17) is 6.42 Å². The molecule has 0 radical (unpaired) electrons. The van der Waals surface area contributed by atoms with Crippen LogP contribution in [0.15, 0.2) is 0 Å². The first-order valence-electron chi connectivity index (χ1n) is 5.68. The molecule has 0 heterocycles. The molecule has 1 aliphatic rings.